The summed E-state index contributed by atoms with van der Waals surface area (Å²) in [6, 6.07) is 9.37. The summed E-state index contributed by atoms with van der Waals surface area (Å²) < 4.78 is 77.3. The molecule has 0 unspecified atom stereocenters. The highest BCUT2D eigenvalue weighted by Gasteiger charge is 2.38. The molecule has 3 N–H and O–H groups in total. The number of aliphatic carboxylic acids is 1. The van der Waals surface area contributed by atoms with Crippen molar-refractivity contribution in [2.75, 3.05) is 19.1 Å². The zero-order valence-electron chi connectivity index (χ0n) is 19.5. The molecule has 9 nitrogen and oxygen atoms in total. The number of fused-ring (bicyclic) bond motifs is 1. The van der Waals surface area contributed by atoms with Crippen molar-refractivity contribution in [1.82, 2.24) is 14.4 Å². The van der Waals surface area contributed by atoms with Gasteiger partial charge in [-0.05, 0) is 36.8 Å². The molecule has 4 rings (SSSR count). The Morgan fingerprint density at radius 3 is 2.41 bits per heavy atom. The van der Waals surface area contributed by atoms with Crippen LogP contribution in [-0.4, -0.2) is 53.4 Å². The van der Waals surface area contributed by atoms with Crippen LogP contribution in [0.4, 0.5) is 23.4 Å². The number of aromatic nitrogens is 3. The zero-order valence-corrected chi connectivity index (χ0v) is 20.4. The van der Waals surface area contributed by atoms with E-state index in [0.29, 0.717) is 22.7 Å². The van der Waals surface area contributed by atoms with Gasteiger partial charge in [-0.25, -0.2) is 27.6 Å². The summed E-state index contributed by atoms with van der Waals surface area (Å²) in [5, 5.41) is 7.12. The molecule has 0 saturated heterocycles. The number of benzene rings is 2. The van der Waals surface area contributed by atoms with Crippen LogP contribution in [0.25, 0.3) is 28.2 Å². The lowest BCUT2D eigenvalue weighted by Gasteiger charge is -2.12. The smallest absolute Gasteiger partial charge is 0.490 e. The van der Waals surface area contributed by atoms with Gasteiger partial charge < -0.3 is 15.6 Å². The lowest BCUT2D eigenvalue weighted by atomic mass is 10.1. The molecule has 2 aromatic carbocycles. The van der Waals surface area contributed by atoms with E-state index in [1.807, 2.05) is 6.92 Å². The first-order valence-corrected chi connectivity index (χ1v) is 12.1. The summed E-state index contributed by atoms with van der Waals surface area (Å²) in [6.07, 6.45) is -0.730. The first kappa shape index (κ1) is 27.4. The lowest BCUT2D eigenvalue weighted by molar-refractivity contribution is -0.192. The highest BCUT2D eigenvalue weighted by atomic mass is 32.2. The van der Waals surface area contributed by atoms with Gasteiger partial charge in [0.1, 0.15) is 11.6 Å². The van der Waals surface area contributed by atoms with Crippen LogP contribution in [0.1, 0.15) is 5.56 Å². The van der Waals surface area contributed by atoms with Crippen LogP contribution >= 0.6 is 0 Å². The maximum atomic E-state index is 14.6. The maximum Gasteiger partial charge on any atom is 0.490 e. The minimum atomic E-state index is -5.08. The van der Waals surface area contributed by atoms with Crippen molar-refractivity contribution < 1.29 is 40.6 Å². The molecule has 196 valence electrons. The Balaban J connectivity index is 0.000000479. The third-order valence-electron chi connectivity index (χ3n) is 5.13. The molecule has 14 heteroatoms. The Labute approximate surface area is 208 Å². The Bertz CT molecular complexity index is 1600. The third kappa shape index (κ3) is 5.80. The first-order valence-electron chi connectivity index (χ1n) is 10.2. The number of methoxy groups -OCH3 is 1. The third-order valence-corrected chi connectivity index (χ3v) is 6.24. The number of carboxylic acid groups (broad SMARTS) is 1. The number of halogens is 4. The molecule has 0 aliphatic rings. The van der Waals surface area contributed by atoms with Gasteiger partial charge in [0.05, 0.1) is 35.2 Å². The van der Waals surface area contributed by atoms with Crippen molar-refractivity contribution in [2.24, 2.45) is 0 Å². The number of hydrogen-bond donors (Lipinski definition) is 2. The monoisotopic (exact) mass is 540 g/mol. The molecular weight excluding hydrogens is 520 g/mol. The van der Waals surface area contributed by atoms with E-state index in [9.17, 15) is 26.0 Å². The van der Waals surface area contributed by atoms with Gasteiger partial charge in [-0.15, -0.1) is 0 Å². The molecule has 37 heavy (non-hydrogen) atoms. The molecule has 0 fully saturated rings. The molecule has 0 atom stereocenters. The number of ether oxygens (including phenoxy) is 1. The topological polar surface area (TPSA) is 137 Å². The van der Waals surface area contributed by atoms with Gasteiger partial charge in [-0.2, -0.15) is 13.2 Å². The largest absolute Gasteiger partial charge is 0.496 e. The molecule has 0 aliphatic carbocycles. The average molecular weight is 540 g/mol. The summed E-state index contributed by atoms with van der Waals surface area (Å²) in [5.41, 5.74) is 9.07. The van der Waals surface area contributed by atoms with E-state index in [1.165, 1.54) is 13.2 Å². The molecular formula is C23H20F4N4O5S. The number of rotatable bonds is 4. The van der Waals surface area contributed by atoms with Crippen LogP contribution in [0, 0.1) is 12.7 Å². The number of hydrogen-bond acceptors (Lipinski definition) is 7. The van der Waals surface area contributed by atoms with Gasteiger partial charge in [0.15, 0.2) is 21.3 Å². The lowest BCUT2D eigenvalue weighted by Crippen LogP contribution is -2.21. The Morgan fingerprint density at radius 1 is 1.19 bits per heavy atom. The Kier molecular flexibility index (Phi) is 7.44. The Morgan fingerprint density at radius 2 is 1.84 bits per heavy atom. The van der Waals surface area contributed by atoms with Crippen molar-refractivity contribution >= 4 is 27.3 Å². The quantitative estimate of drug-likeness (QED) is 0.369. The molecule has 0 saturated carbocycles. The van der Waals surface area contributed by atoms with Crippen LogP contribution in [0.2, 0.25) is 0 Å². The van der Waals surface area contributed by atoms with Gasteiger partial charge in [-0.3, -0.25) is 4.40 Å². The number of aryl methyl sites for hydroxylation is 1. The van der Waals surface area contributed by atoms with Crippen LogP contribution in [0.15, 0.2) is 53.7 Å². The van der Waals surface area contributed by atoms with Gasteiger partial charge in [0, 0.05) is 18.0 Å². The molecule has 0 aliphatic heterocycles. The van der Waals surface area contributed by atoms with Crippen LogP contribution < -0.4 is 10.5 Å². The maximum absolute atomic E-state index is 14.6. The second-order valence-electron chi connectivity index (χ2n) is 7.72. The second-order valence-corrected chi connectivity index (χ2v) is 9.73. The van der Waals surface area contributed by atoms with E-state index in [1.54, 1.807) is 47.1 Å². The van der Waals surface area contributed by atoms with Crippen LogP contribution in [-0.2, 0) is 14.6 Å². The van der Waals surface area contributed by atoms with Crippen LogP contribution in [0.5, 0.6) is 5.75 Å². The van der Waals surface area contributed by atoms with E-state index in [2.05, 4.69) is 9.97 Å². The van der Waals surface area contributed by atoms with Gasteiger partial charge in [0.2, 0.25) is 0 Å². The fraction of sp³-hybridized carbons (Fsp3) is 0.174. The number of anilines is 1. The predicted molar refractivity (Wildman–Crippen MR) is 126 cm³/mol. The zero-order chi connectivity index (χ0) is 27.7. The molecule has 4 aromatic rings. The summed E-state index contributed by atoms with van der Waals surface area (Å²) >= 11 is 0. The van der Waals surface area contributed by atoms with Gasteiger partial charge in [-0.1, -0.05) is 12.1 Å². The van der Waals surface area contributed by atoms with E-state index in [4.69, 9.17) is 20.4 Å². The minimum Gasteiger partial charge on any atom is -0.496 e. The van der Waals surface area contributed by atoms with E-state index in [-0.39, 0.29) is 22.0 Å². The number of carboxylic acids is 1. The Hall–Kier alpha value is -4.20. The number of nitrogens with two attached hydrogens (primary N) is 1. The fourth-order valence-electron chi connectivity index (χ4n) is 3.36. The number of sulfone groups is 1. The van der Waals surface area contributed by atoms with Crippen molar-refractivity contribution in [3.63, 3.8) is 0 Å². The molecule has 2 heterocycles. The minimum absolute atomic E-state index is 0.112. The molecule has 2 aromatic heterocycles. The number of alkyl halides is 3. The van der Waals surface area contributed by atoms with Gasteiger partial charge >= 0.3 is 12.1 Å². The fourth-order valence-corrected chi connectivity index (χ4v) is 4.01. The summed E-state index contributed by atoms with van der Waals surface area (Å²) in [5.74, 6) is -2.83. The summed E-state index contributed by atoms with van der Waals surface area (Å²) in [7, 11) is -1.95. The molecule has 0 radical (unpaired) electrons. The van der Waals surface area contributed by atoms with Crippen LogP contribution in [0.3, 0.4) is 0 Å². The number of carbonyl (C=O) groups is 1. The highest BCUT2D eigenvalue weighted by molar-refractivity contribution is 7.90. The average Bonchev–Trinajstić information content (AvgIpc) is 3.22. The molecule has 0 spiro atoms. The molecule has 0 bridgehead atoms. The predicted octanol–water partition coefficient (Wildman–Crippen LogP) is 4.14. The second kappa shape index (κ2) is 10.0. The van der Waals surface area contributed by atoms with Crippen molar-refractivity contribution in [3.8, 4) is 28.3 Å². The van der Waals surface area contributed by atoms with E-state index >= 15 is 0 Å². The van der Waals surface area contributed by atoms with Crippen molar-refractivity contribution in [3.05, 3.63) is 60.2 Å². The number of nitrogen functional groups attached to an aromatic ring is 1. The van der Waals surface area contributed by atoms with Gasteiger partial charge in [0.25, 0.3) is 0 Å². The summed E-state index contributed by atoms with van der Waals surface area (Å²) in [6.45, 7) is 1.87. The standard InChI is InChI=1S/C21H19FN4O3S.C2HF3O2/c1-12-7-8-13(30(3,27)28)9-14(12)17-10-24-21-20(23)25-16(11-26(17)21)19-15(22)5-4-6-18(19)29-2;3-2(4,5)1(6)7/h4-11H,1-3H3,(H2,23,25);(H,6,7). The number of nitrogens with zero attached hydrogens (tertiary/aromatic N) is 3. The SMILES string of the molecule is COc1cccc(F)c1-c1cn2c(-c3cc(S(C)(=O)=O)ccc3C)cnc2c(N)n1.O=C(O)C(F)(F)F. The van der Waals surface area contributed by atoms with Crippen molar-refractivity contribution in [1.29, 1.82) is 0 Å². The highest BCUT2D eigenvalue weighted by Crippen LogP contribution is 2.34. The van der Waals surface area contributed by atoms with Crippen molar-refractivity contribution in [2.45, 2.75) is 18.0 Å². The number of imidazole rings is 1. The van der Waals surface area contributed by atoms with E-state index < -0.39 is 27.8 Å². The van der Waals surface area contributed by atoms with E-state index in [0.717, 1.165) is 11.8 Å². The first-order chi connectivity index (χ1) is 17.1. The summed E-state index contributed by atoms with van der Waals surface area (Å²) in [4.78, 5) is 17.7. The normalized spacial score (nSPS) is 11.6. The molecule has 0 amide bonds.